The standard InChI is InChI=1S/C20H21N3O2.2C2HF3O2/c24-20-6-3-16-12-17(22-13-18-2-1-11-25-18)4-5-19(16)23(20)14-15-7-9-21-10-8-15;2*3-2(4,5)1(6)7/h1-3,6-11,17,22H,4-5,12-14H2;2*(H,6,7). The number of aromatic nitrogens is 2. The quantitative estimate of drug-likeness (QED) is 0.399. The third-order valence-electron chi connectivity index (χ3n) is 5.31. The van der Waals surface area contributed by atoms with Crippen LogP contribution in [0.3, 0.4) is 0 Å². The lowest BCUT2D eigenvalue weighted by molar-refractivity contribution is -0.193. The molecule has 3 aromatic rings. The third kappa shape index (κ3) is 10.3. The van der Waals surface area contributed by atoms with Gasteiger partial charge in [0.2, 0.25) is 0 Å². The van der Waals surface area contributed by atoms with E-state index in [9.17, 15) is 31.1 Å². The fraction of sp³-hybridized carbons (Fsp3) is 0.333. The Balaban J connectivity index is 0.000000317. The Kier molecular flexibility index (Phi) is 10.8. The molecule has 0 amide bonds. The second-order valence-corrected chi connectivity index (χ2v) is 8.09. The lowest BCUT2D eigenvalue weighted by Crippen LogP contribution is -2.37. The van der Waals surface area contributed by atoms with Crippen LogP contribution in [-0.2, 0) is 35.5 Å². The molecule has 4 rings (SSSR count). The number of hydrogen-bond acceptors (Lipinski definition) is 6. The smallest absolute Gasteiger partial charge is 0.475 e. The van der Waals surface area contributed by atoms with Gasteiger partial charge in [-0.05, 0) is 54.7 Å². The summed E-state index contributed by atoms with van der Waals surface area (Å²) < 4.78 is 70.8. The Labute approximate surface area is 216 Å². The van der Waals surface area contributed by atoms with E-state index in [-0.39, 0.29) is 5.56 Å². The molecule has 15 heteroatoms. The van der Waals surface area contributed by atoms with Crippen molar-refractivity contribution in [2.75, 3.05) is 0 Å². The molecule has 0 aromatic carbocycles. The number of nitrogens with zero attached hydrogens (tertiary/aromatic N) is 2. The van der Waals surface area contributed by atoms with Crippen LogP contribution in [0.2, 0.25) is 0 Å². The number of hydrogen-bond donors (Lipinski definition) is 3. The zero-order valence-corrected chi connectivity index (χ0v) is 20.0. The van der Waals surface area contributed by atoms with E-state index in [1.54, 1.807) is 24.7 Å². The maximum Gasteiger partial charge on any atom is 0.490 e. The summed E-state index contributed by atoms with van der Waals surface area (Å²) in [5.41, 5.74) is 3.60. The molecule has 39 heavy (non-hydrogen) atoms. The van der Waals surface area contributed by atoms with E-state index in [2.05, 4.69) is 10.3 Å². The molecule has 0 radical (unpaired) electrons. The molecule has 1 unspecified atom stereocenters. The summed E-state index contributed by atoms with van der Waals surface area (Å²) in [6.07, 6.45) is -2.06. The highest BCUT2D eigenvalue weighted by Gasteiger charge is 2.38. The molecule has 0 saturated carbocycles. The number of carboxylic acid groups (broad SMARTS) is 2. The monoisotopic (exact) mass is 563 g/mol. The van der Waals surface area contributed by atoms with Crippen LogP contribution in [0.4, 0.5) is 26.3 Å². The SMILES string of the molecule is O=C(O)C(F)(F)F.O=C(O)C(F)(F)F.O=c1ccc2c(n1Cc1ccncc1)CCC(NCc1ccco1)C2. The molecule has 0 bridgehead atoms. The molecule has 9 nitrogen and oxygen atoms in total. The highest BCUT2D eigenvalue weighted by atomic mass is 19.4. The minimum atomic E-state index is -5.08. The Morgan fingerprint density at radius 2 is 1.59 bits per heavy atom. The van der Waals surface area contributed by atoms with Crippen molar-refractivity contribution < 1.29 is 50.6 Å². The van der Waals surface area contributed by atoms with Crippen LogP contribution in [-0.4, -0.2) is 50.1 Å². The minimum absolute atomic E-state index is 0.0672. The van der Waals surface area contributed by atoms with Crippen LogP contribution in [0.1, 0.15) is 29.0 Å². The zero-order valence-electron chi connectivity index (χ0n) is 20.0. The number of nitrogens with one attached hydrogen (secondary N) is 1. The predicted molar refractivity (Wildman–Crippen MR) is 123 cm³/mol. The van der Waals surface area contributed by atoms with Crippen molar-refractivity contribution in [1.29, 1.82) is 0 Å². The van der Waals surface area contributed by atoms with Crippen LogP contribution in [0.25, 0.3) is 0 Å². The van der Waals surface area contributed by atoms with Crippen LogP contribution >= 0.6 is 0 Å². The third-order valence-corrected chi connectivity index (χ3v) is 5.31. The Morgan fingerprint density at radius 3 is 2.10 bits per heavy atom. The van der Waals surface area contributed by atoms with Gasteiger partial charge in [0.25, 0.3) is 5.56 Å². The molecule has 1 atom stereocenters. The summed E-state index contributed by atoms with van der Waals surface area (Å²) in [7, 11) is 0. The van der Waals surface area contributed by atoms with Crippen molar-refractivity contribution in [3.63, 3.8) is 0 Å². The maximum atomic E-state index is 12.4. The predicted octanol–water partition coefficient (Wildman–Crippen LogP) is 3.80. The van der Waals surface area contributed by atoms with Crippen molar-refractivity contribution in [1.82, 2.24) is 14.9 Å². The van der Waals surface area contributed by atoms with Gasteiger partial charge in [0.1, 0.15) is 5.76 Å². The van der Waals surface area contributed by atoms with Gasteiger partial charge in [0, 0.05) is 30.2 Å². The average molecular weight is 563 g/mol. The molecule has 3 aromatic heterocycles. The van der Waals surface area contributed by atoms with Crippen LogP contribution in [0.5, 0.6) is 0 Å². The van der Waals surface area contributed by atoms with Gasteiger partial charge >= 0.3 is 24.3 Å². The summed E-state index contributed by atoms with van der Waals surface area (Å²) in [4.78, 5) is 34.2. The normalized spacial score (nSPS) is 14.7. The summed E-state index contributed by atoms with van der Waals surface area (Å²) >= 11 is 0. The van der Waals surface area contributed by atoms with Gasteiger partial charge in [-0.25, -0.2) is 9.59 Å². The number of alkyl halides is 6. The van der Waals surface area contributed by atoms with Crippen LogP contribution in [0, 0.1) is 0 Å². The van der Waals surface area contributed by atoms with E-state index in [1.165, 1.54) is 11.3 Å². The molecular formula is C24H23F6N3O6. The summed E-state index contributed by atoms with van der Waals surface area (Å²) in [6, 6.07) is 11.9. The van der Waals surface area contributed by atoms with E-state index >= 15 is 0 Å². The number of halogens is 6. The van der Waals surface area contributed by atoms with Crippen LogP contribution in [0.15, 0.2) is 64.3 Å². The molecule has 3 N–H and O–H groups in total. The van der Waals surface area contributed by atoms with Crippen molar-refractivity contribution in [2.24, 2.45) is 0 Å². The Morgan fingerprint density at radius 1 is 1.00 bits per heavy atom. The lowest BCUT2D eigenvalue weighted by Gasteiger charge is -2.27. The molecule has 212 valence electrons. The number of carbonyl (C=O) groups is 2. The van der Waals surface area contributed by atoms with Gasteiger partial charge in [-0.2, -0.15) is 26.3 Å². The number of carboxylic acids is 2. The van der Waals surface area contributed by atoms with E-state index in [1.807, 2.05) is 34.9 Å². The first-order valence-electron chi connectivity index (χ1n) is 11.1. The number of rotatable bonds is 5. The first-order chi connectivity index (χ1) is 18.2. The average Bonchev–Trinajstić information content (AvgIpc) is 3.38. The number of aliphatic carboxylic acids is 2. The summed E-state index contributed by atoms with van der Waals surface area (Å²) in [6.45, 7) is 1.35. The number of pyridine rings is 2. The first kappa shape index (κ1) is 31.1. The fourth-order valence-corrected chi connectivity index (χ4v) is 3.50. The van der Waals surface area contributed by atoms with Gasteiger partial charge in [-0.1, -0.05) is 6.07 Å². The van der Waals surface area contributed by atoms with E-state index in [4.69, 9.17) is 24.2 Å². The second-order valence-electron chi connectivity index (χ2n) is 8.09. The van der Waals surface area contributed by atoms with Crippen molar-refractivity contribution >= 4 is 11.9 Å². The molecule has 0 spiro atoms. The van der Waals surface area contributed by atoms with Crippen LogP contribution < -0.4 is 10.9 Å². The topological polar surface area (TPSA) is 135 Å². The molecule has 1 aliphatic carbocycles. The van der Waals surface area contributed by atoms with Gasteiger partial charge in [-0.15, -0.1) is 0 Å². The lowest BCUT2D eigenvalue weighted by atomic mass is 9.91. The summed E-state index contributed by atoms with van der Waals surface area (Å²) in [5, 5.41) is 17.8. The molecule has 3 heterocycles. The van der Waals surface area contributed by atoms with Gasteiger partial charge < -0.3 is 24.5 Å². The maximum absolute atomic E-state index is 12.4. The molecule has 0 fully saturated rings. The fourth-order valence-electron chi connectivity index (χ4n) is 3.50. The van der Waals surface area contributed by atoms with Gasteiger partial charge in [0.05, 0.1) is 19.4 Å². The molecule has 0 aliphatic heterocycles. The van der Waals surface area contributed by atoms with E-state index in [0.29, 0.717) is 12.6 Å². The zero-order chi connectivity index (χ0) is 29.2. The highest BCUT2D eigenvalue weighted by molar-refractivity contribution is 5.73. The molecule has 0 saturated heterocycles. The van der Waals surface area contributed by atoms with Gasteiger partial charge in [0.15, 0.2) is 0 Å². The van der Waals surface area contributed by atoms with Crippen molar-refractivity contribution in [3.8, 4) is 0 Å². The second kappa shape index (κ2) is 13.6. The largest absolute Gasteiger partial charge is 0.490 e. The Bertz CT molecular complexity index is 1250. The number of furan rings is 1. The van der Waals surface area contributed by atoms with E-state index in [0.717, 1.165) is 37.1 Å². The van der Waals surface area contributed by atoms with E-state index < -0.39 is 24.3 Å². The molecular weight excluding hydrogens is 540 g/mol. The van der Waals surface area contributed by atoms with Crippen molar-refractivity contribution in [3.05, 3.63) is 88.0 Å². The minimum Gasteiger partial charge on any atom is -0.475 e. The Hall–Kier alpha value is -4.14. The number of fused-ring (bicyclic) bond motifs is 1. The highest BCUT2D eigenvalue weighted by Crippen LogP contribution is 2.21. The van der Waals surface area contributed by atoms with Gasteiger partial charge in [-0.3, -0.25) is 9.78 Å². The first-order valence-corrected chi connectivity index (χ1v) is 11.1. The molecule has 1 aliphatic rings. The summed E-state index contributed by atoms with van der Waals surface area (Å²) in [5.74, 6) is -4.56. The van der Waals surface area contributed by atoms with Crippen molar-refractivity contribution in [2.45, 2.75) is 50.7 Å².